The maximum Gasteiger partial charge on any atom is 0.287 e. The Bertz CT molecular complexity index is 594. The van der Waals surface area contributed by atoms with Gasteiger partial charge >= 0.3 is 0 Å². The molecule has 5 nitrogen and oxygen atoms in total. The first-order valence-electron chi connectivity index (χ1n) is 7.21. The predicted molar refractivity (Wildman–Crippen MR) is 82.4 cm³/mol. The average Bonchev–Trinajstić information content (AvgIpc) is 2.97. The van der Waals surface area contributed by atoms with Gasteiger partial charge in [-0.25, -0.2) is 0 Å². The van der Waals surface area contributed by atoms with Crippen molar-refractivity contribution in [3.05, 3.63) is 59.5 Å². The first-order valence-corrected chi connectivity index (χ1v) is 7.21. The summed E-state index contributed by atoms with van der Waals surface area (Å²) < 4.78 is 10.3. The number of carbonyl (C=O) groups excluding carboxylic acids is 1. The van der Waals surface area contributed by atoms with Gasteiger partial charge in [0.1, 0.15) is 12.4 Å². The fourth-order valence-electron chi connectivity index (χ4n) is 2.22. The van der Waals surface area contributed by atoms with Crippen LogP contribution < -0.4 is 5.32 Å². The minimum Gasteiger partial charge on any atom is -0.453 e. The van der Waals surface area contributed by atoms with Gasteiger partial charge in [0.2, 0.25) is 0 Å². The van der Waals surface area contributed by atoms with Crippen molar-refractivity contribution in [1.82, 2.24) is 5.32 Å². The number of nitrogens with one attached hydrogen (secondary N) is 1. The standard InChI is InChI=1S/C17H21NO4/c1-12(10-15(19)13-6-4-3-5-7-13)18-17(20)16-9-8-14(22-16)11-21-2/h3-9,12,15,19H,10-11H2,1-2H3,(H,18,20)/t12-,15-/m1/s1. The van der Waals surface area contributed by atoms with Gasteiger partial charge in [-0.05, 0) is 31.0 Å². The fraction of sp³-hybridized carbons (Fsp3) is 0.353. The number of furan rings is 1. The third-order valence-corrected chi connectivity index (χ3v) is 3.31. The number of amides is 1. The lowest BCUT2D eigenvalue weighted by Gasteiger charge is -2.17. The van der Waals surface area contributed by atoms with Gasteiger partial charge in [-0.15, -0.1) is 0 Å². The van der Waals surface area contributed by atoms with Gasteiger partial charge in [0.05, 0.1) is 6.10 Å². The molecule has 2 N–H and O–H groups in total. The number of ether oxygens (including phenoxy) is 1. The average molecular weight is 303 g/mol. The van der Waals surface area contributed by atoms with E-state index in [4.69, 9.17) is 9.15 Å². The molecule has 0 bridgehead atoms. The van der Waals surface area contributed by atoms with Gasteiger partial charge in [-0.1, -0.05) is 30.3 Å². The van der Waals surface area contributed by atoms with Gasteiger partial charge in [0.15, 0.2) is 5.76 Å². The number of rotatable bonds is 7. The van der Waals surface area contributed by atoms with Crippen molar-refractivity contribution in [2.75, 3.05) is 7.11 Å². The van der Waals surface area contributed by atoms with Crippen LogP contribution in [0.25, 0.3) is 0 Å². The number of methoxy groups -OCH3 is 1. The lowest BCUT2D eigenvalue weighted by Crippen LogP contribution is -2.33. The first-order chi connectivity index (χ1) is 10.6. The second-order valence-corrected chi connectivity index (χ2v) is 5.24. The van der Waals surface area contributed by atoms with E-state index in [9.17, 15) is 9.90 Å². The van der Waals surface area contributed by atoms with Crippen LogP contribution in [0.15, 0.2) is 46.9 Å². The summed E-state index contributed by atoms with van der Waals surface area (Å²) in [6.45, 7) is 2.18. The molecule has 1 aromatic carbocycles. The van der Waals surface area contributed by atoms with E-state index in [1.54, 1.807) is 19.2 Å². The normalized spacial score (nSPS) is 13.6. The molecule has 1 heterocycles. The van der Waals surface area contributed by atoms with E-state index in [0.717, 1.165) is 5.56 Å². The zero-order valence-electron chi connectivity index (χ0n) is 12.8. The molecular weight excluding hydrogens is 282 g/mol. The van der Waals surface area contributed by atoms with Crippen LogP contribution in [0, 0.1) is 0 Å². The molecule has 2 atom stereocenters. The van der Waals surface area contributed by atoms with Crippen LogP contribution in [-0.4, -0.2) is 24.2 Å². The summed E-state index contributed by atoms with van der Waals surface area (Å²) in [7, 11) is 1.56. The molecule has 5 heteroatoms. The van der Waals surface area contributed by atoms with Crippen LogP contribution in [0.5, 0.6) is 0 Å². The number of aliphatic hydroxyl groups is 1. The van der Waals surface area contributed by atoms with Gasteiger partial charge in [-0.2, -0.15) is 0 Å². The molecule has 0 saturated heterocycles. The summed E-state index contributed by atoms with van der Waals surface area (Å²) in [5, 5.41) is 13.0. The molecular formula is C17H21NO4. The number of benzene rings is 1. The molecule has 0 aliphatic heterocycles. The molecule has 0 aliphatic rings. The third-order valence-electron chi connectivity index (χ3n) is 3.31. The molecule has 1 aromatic heterocycles. The van der Waals surface area contributed by atoms with Crippen LogP contribution in [0.1, 0.15) is 41.3 Å². The highest BCUT2D eigenvalue weighted by atomic mass is 16.5. The first kappa shape index (κ1) is 16.3. The molecule has 0 unspecified atom stereocenters. The van der Waals surface area contributed by atoms with E-state index in [1.807, 2.05) is 37.3 Å². The van der Waals surface area contributed by atoms with Crippen LogP contribution in [0.2, 0.25) is 0 Å². The Balaban J connectivity index is 1.88. The van der Waals surface area contributed by atoms with Gasteiger partial charge in [0, 0.05) is 13.2 Å². The van der Waals surface area contributed by atoms with Crippen LogP contribution in [-0.2, 0) is 11.3 Å². The highest BCUT2D eigenvalue weighted by molar-refractivity contribution is 5.91. The minimum atomic E-state index is -0.614. The topological polar surface area (TPSA) is 71.7 Å². The summed E-state index contributed by atoms with van der Waals surface area (Å²) >= 11 is 0. The van der Waals surface area contributed by atoms with Crippen molar-refractivity contribution in [2.45, 2.75) is 32.1 Å². The highest BCUT2D eigenvalue weighted by Gasteiger charge is 2.17. The predicted octanol–water partition coefficient (Wildman–Crippen LogP) is 2.67. The molecule has 1 amide bonds. The Kier molecular flexibility index (Phi) is 5.75. The van der Waals surface area contributed by atoms with E-state index in [2.05, 4.69) is 5.32 Å². The minimum absolute atomic E-state index is 0.182. The Morgan fingerprint density at radius 3 is 2.68 bits per heavy atom. The summed E-state index contributed by atoms with van der Waals surface area (Å²) in [6, 6.07) is 12.5. The van der Waals surface area contributed by atoms with E-state index in [-0.39, 0.29) is 17.7 Å². The highest BCUT2D eigenvalue weighted by Crippen LogP contribution is 2.18. The Morgan fingerprint density at radius 1 is 1.27 bits per heavy atom. The molecule has 0 saturated carbocycles. The smallest absolute Gasteiger partial charge is 0.287 e. The van der Waals surface area contributed by atoms with E-state index in [1.165, 1.54) is 0 Å². The molecule has 0 radical (unpaired) electrons. The van der Waals surface area contributed by atoms with Crippen molar-refractivity contribution < 1.29 is 19.1 Å². The molecule has 0 aliphatic carbocycles. The monoisotopic (exact) mass is 303 g/mol. The van der Waals surface area contributed by atoms with Gasteiger partial charge in [-0.3, -0.25) is 4.79 Å². The summed E-state index contributed by atoms with van der Waals surface area (Å²) in [4.78, 5) is 12.1. The maximum atomic E-state index is 12.1. The lowest BCUT2D eigenvalue weighted by atomic mass is 10.0. The van der Waals surface area contributed by atoms with Crippen molar-refractivity contribution in [3.8, 4) is 0 Å². The van der Waals surface area contributed by atoms with Crippen molar-refractivity contribution in [3.63, 3.8) is 0 Å². The van der Waals surface area contributed by atoms with Crippen LogP contribution >= 0.6 is 0 Å². The molecule has 2 rings (SSSR count). The zero-order chi connectivity index (χ0) is 15.9. The largest absolute Gasteiger partial charge is 0.453 e. The van der Waals surface area contributed by atoms with Gasteiger partial charge < -0.3 is 19.6 Å². The second-order valence-electron chi connectivity index (χ2n) is 5.24. The Labute approximate surface area is 129 Å². The van der Waals surface area contributed by atoms with Crippen LogP contribution in [0.3, 0.4) is 0 Å². The number of hydrogen-bond donors (Lipinski definition) is 2. The van der Waals surface area contributed by atoms with E-state index in [0.29, 0.717) is 18.8 Å². The molecule has 2 aromatic rings. The Hall–Kier alpha value is -2.11. The number of aliphatic hydroxyl groups excluding tert-OH is 1. The maximum absolute atomic E-state index is 12.1. The van der Waals surface area contributed by atoms with E-state index >= 15 is 0 Å². The van der Waals surface area contributed by atoms with Crippen LogP contribution in [0.4, 0.5) is 0 Å². The quantitative estimate of drug-likeness (QED) is 0.825. The SMILES string of the molecule is COCc1ccc(C(=O)N[C@H](C)C[C@@H](O)c2ccccc2)o1. The van der Waals surface area contributed by atoms with Crippen molar-refractivity contribution >= 4 is 5.91 Å². The summed E-state index contributed by atoms with van der Waals surface area (Å²) in [5.74, 6) is 0.549. The lowest BCUT2D eigenvalue weighted by molar-refractivity contribution is 0.0881. The molecule has 118 valence electrons. The summed E-state index contributed by atoms with van der Waals surface area (Å²) in [6.07, 6.45) is -0.182. The zero-order valence-corrected chi connectivity index (χ0v) is 12.8. The number of carbonyl (C=O) groups is 1. The Morgan fingerprint density at radius 2 is 2.00 bits per heavy atom. The third kappa shape index (κ3) is 4.44. The second kappa shape index (κ2) is 7.77. The van der Waals surface area contributed by atoms with Gasteiger partial charge in [0.25, 0.3) is 5.91 Å². The summed E-state index contributed by atoms with van der Waals surface area (Å²) in [5.41, 5.74) is 0.837. The fourth-order valence-corrected chi connectivity index (χ4v) is 2.22. The van der Waals surface area contributed by atoms with Crippen molar-refractivity contribution in [2.24, 2.45) is 0 Å². The number of hydrogen-bond acceptors (Lipinski definition) is 4. The van der Waals surface area contributed by atoms with E-state index < -0.39 is 6.10 Å². The molecule has 0 spiro atoms. The van der Waals surface area contributed by atoms with Crippen molar-refractivity contribution in [1.29, 1.82) is 0 Å². The molecule has 0 fully saturated rings. The molecule has 22 heavy (non-hydrogen) atoms.